The minimum absolute atomic E-state index is 0.0361. The molecule has 1 unspecified atom stereocenters. The standard InChI is InChI=1S/C19H19ClFNO3S/c20-16-9-6-10-17(21)15(16)13-26(24,25)18(14-7-2-1-3-8-14)19(23)22-11-4-5-12-22/h1-3,6-10,18H,4-5,11-13H2. The topological polar surface area (TPSA) is 54.5 Å². The van der Waals surface area contributed by atoms with Crippen LogP contribution < -0.4 is 0 Å². The Bertz CT molecular complexity index is 876. The van der Waals surface area contributed by atoms with Crippen LogP contribution in [0.4, 0.5) is 4.39 Å². The maximum absolute atomic E-state index is 14.1. The van der Waals surface area contributed by atoms with Crippen LogP contribution in [0.2, 0.25) is 5.02 Å². The van der Waals surface area contributed by atoms with E-state index in [1.165, 1.54) is 12.1 Å². The van der Waals surface area contributed by atoms with Gasteiger partial charge in [-0.2, -0.15) is 0 Å². The average Bonchev–Trinajstić information content (AvgIpc) is 3.14. The number of benzene rings is 2. The number of rotatable bonds is 5. The predicted molar refractivity (Wildman–Crippen MR) is 99.0 cm³/mol. The number of hydrogen-bond donors (Lipinski definition) is 0. The highest BCUT2D eigenvalue weighted by Gasteiger charge is 2.38. The fourth-order valence-electron chi connectivity index (χ4n) is 3.19. The van der Waals surface area contributed by atoms with Crippen molar-refractivity contribution in [1.82, 2.24) is 4.90 Å². The Balaban J connectivity index is 2.01. The lowest BCUT2D eigenvalue weighted by molar-refractivity contribution is -0.129. The largest absolute Gasteiger partial charge is 0.341 e. The zero-order valence-electron chi connectivity index (χ0n) is 14.1. The number of carbonyl (C=O) groups is 1. The molecule has 1 aliphatic rings. The van der Waals surface area contributed by atoms with Crippen molar-refractivity contribution in [2.24, 2.45) is 0 Å². The van der Waals surface area contributed by atoms with E-state index in [0.717, 1.165) is 18.9 Å². The van der Waals surface area contributed by atoms with Crippen molar-refractivity contribution in [2.75, 3.05) is 13.1 Å². The van der Waals surface area contributed by atoms with Gasteiger partial charge in [-0.3, -0.25) is 4.79 Å². The van der Waals surface area contributed by atoms with Crippen LogP contribution in [0.1, 0.15) is 29.2 Å². The molecule has 0 aliphatic carbocycles. The molecule has 2 aromatic rings. The summed E-state index contributed by atoms with van der Waals surface area (Å²) < 4.78 is 40.4. The molecule has 26 heavy (non-hydrogen) atoms. The Morgan fingerprint density at radius 2 is 1.73 bits per heavy atom. The lowest BCUT2D eigenvalue weighted by atomic mass is 10.1. The van der Waals surface area contributed by atoms with Gasteiger partial charge in [0.15, 0.2) is 15.1 Å². The number of amides is 1. The molecular formula is C19H19ClFNO3S. The second-order valence-electron chi connectivity index (χ2n) is 6.33. The molecule has 2 aromatic carbocycles. The van der Waals surface area contributed by atoms with Crippen molar-refractivity contribution in [3.8, 4) is 0 Å². The summed E-state index contributed by atoms with van der Waals surface area (Å²) in [6.45, 7) is 1.08. The van der Waals surface area contributed by atoms with E-state index < -0.39 is 32.6 Å². The van der Waals surface area contributed by atoms with Crippen LogP contribution in [0.25, 0.3) is 0 Å². The number of sulfone groups is 1. The highest BCUT2D eigenvalue weighted by atomic mass is 35.5. The van der Waals surface area contributed by atoms with Crippen molar-refractivity contribution in [1.29, 1.82) is 0 Å². The molecule has 0 saturated carbocycles. The van der Waals surface area contributed by atoms with Crippen molar-refractivity contribution in [3.63, 3.8) is 0 Å². The van der Waals surface area contributed by atoms with Gasteiger partial charge in [0.05, 0.1) is 5.75 Å². The Kier molecular flexibility index (Phi) is 5.63. The Morgan fingerprint density at radius 3 is 2.35 bits per heavy atom. The van der Waals surface area contributed by atoms with Crippen LogP contribution in [0, 0.1) is 5.82 Å². The summed E-state index contributed by atoms with van der Waals surface area (Å²) in [6.07, 6.45) is 1.71. The van der Waals surface area contributed by atoms with Crippen molar-refractivity contribution in [2.45, 2.75) is 23.8 Å². The second-order valence-corrected chi connectivity index (χ2v) is 8.82. The third kappa shape index (κ3) is 3.91. The van der Waals surface area contributed by atoms with Gasteiger partial charge in [-0.15, -0.1) is 0 Å². The quantitative estimate of drug-likeness (QED) is 0.774. The molecule has 0 bridgehead atoms. The van der Waals surface area contributed by atoms with E-state index in [2.05, 4.69) is 0 Å². The van der Waals surface area contributed by atoms with E-state index in [-0.39, 0.29) is 10.6 Å². The number of carbonyl (C=O) groups excluding carboxylic acids is 1. The first kappa shape index (κ1) is 18.9. The summed E-state index contributed by atoms with van der Waals surface area (Å²) in [5.74, 6) is -1.78. The van der Waals surface area contributed by atoms with Gasteiger partial charge in [0, 0.05) is 23.7 Å². The molecule has 1 atom stereocenters. The van der Waals surface area contributed by atoms with Gasteiger partial charge in [-0.1, -0.05) is 48.0 Å². The molecule has 1 heterocycles. The Hall–Kier alpha value is -1.92. The Labute approximate surface area is 157 Å². The van der Waals surface area contributed by atoms with Crippen molar-refractivity contribution >= 4 is 27.3 Å². The molecule has 0 radical (unpaired) electrons. The number of hydrogen-bond acceptors (Lipinski definition) is 3. The van der Waals surface area contributed by atoms with Crippen LogP contribution in [0.3, 0.4) is 0 Å². The summed E-state index contributed by atoms with van der Waals surface area (Å²) in [4.78, 5) is 14.5. The van der Waals surface area contributed by atoms with Crippen molar-refractivity contribution < 1.29 is 17.6 Å². The fraction of sp³-hybridized carbons (Fsp3) is 0.316. The zero-order valence-corrected chi connectivity index (χ0v) is 15.6. The van der Waals surface area contributed by atoms with E-state index in [1.807, 2.05) is 0 Å². The Morgan fingerprint density at radius 1 is 1.08 bits per heavy atom. The van der Waals surface area contributed by atoms with Gasteiger partial charge in [0.25, 0.3) is 0 Å². The van der Waals surface area contributed by atoms with Crippen LogP contribution in [-0.2, 0) is 20.4 Å². The maximum atomic E-state index is 14.1. The number of likely N-dealkylation sites (tertiary alicyclic amines) is 1. The van der Waals surface area contributed by atoms with E-state index in [0.29, 0.717) is 18.7 Å². The lowest BCUT2D eigenvalue weighted by Crippen LogP contribution is -2.36. The zero-order chi connectivity index (χ0) is 18.7. The summed E-state index contributed by atoms with van der Waals surface area (Å²) in [6, 6.07) is 12.4. The van der Waals surface area contributed by atoms with E-state index in [4.69, 9.17) is 11.6 Å². The molecule has 0 N–H and O–H groups in total. The molecule has 3 rings (SSSR count). The summed E-state index contributed by atoms with van der Waals surface area (Å²) >= 11 is 5.99. The molecule has 0 aromatic heterocycles. The molecule has 4 nitrogen and oxygen atoms in total. The van der Waals surface area contributed by atoms with E-state index in [9.17, 15) is 17.6 Å². The minimum Gasteiger partial charge on any atom is -0.341 e. The molecule has 7 heteroatoms. The lowest BCUT2D eigenvalue weighted by Gasteiger charge is -2.24. The van der Waals surface area contributed by atoms with E-state index >= 15 is 0 Å². The SMILES string of the molecule is O=C(C(c1ccccc1)S(=O)(=O)Cc1c(F)cccc1Cl)N1CCCC1. The highest BCUT2D eigenvalue weighted by molar-refractivity contribution is 7.91. The molecule has 1 aliphatic heterocycles. The van der Waals surface area contributed by atoms with E-state index in [1.54, 1.807) is 35.2 Å². The van der Waals surface area contributed by atoms with Gasteiger partial charge in [-0.25, -0.2) is 12.8 Å². The van der Waals surface area contributed by atoms with Gasteiger partial charge in [0.1, 0.15) is 5.82 Å². The van der Waals surface area contributed by atoms with Gasteiger partial charge < -0.3 is 4.90 Å². The van der Waals surface area contributed by atoms with Crippen LogP contribution in [0.15, 0.2) is 48.5 Å². The maximum Gasteiger partial charge on any atom is 0.245 e. The van der Waals surface area contributed by atoms with Gasteiger partial charge in [-0.05, 0) is 30.5 Å². The average molecular weight is 396 g/mol. The molecule has 1 saturated heterocycles. The first-order chi connectivity index (χ1) is 12.4. The smallest absolute Gasteiger partial charge is 0.245 e. The molecular weight excluding hydrogens is 377 g/mol. The highest BCUT2D eigenvalue weighted by Crippen LogP contribution is 2.31. The predicted octanol–water partition coefficient (Wildman–Crippen LogP) is 3.76. The minimum atomic E-state index is -4.03. The van der Waals surface area contributed by atoms with Gasteiger partial charge >= 0.3 is 0 Å². The van der Waals surface area contributed by atoms with Crippen LogP contribution >= 0.6 is 11.6 Å². The summed E-state index contributed by atoms with van der Waals surface area (Å²) in [5, 5.41) is -1.33. The molecule has 0 spiro atoms. The summed E-state index contributed by atoms with van der Waals surface area (Å²) in [7, 11) is -4.03. The monoisotopic (exact) mass is 395 g/mol. The normalized spacial score (nSPS) is 15.8. The molecule has 1 fully saturated rings. The molecule has 138 valence electrons. The van der Waals surface area contributed by atoms with Crippen molar-refractivity contribution in [3.05, 3.63) is 70.5 Å². The second kappa shape index (κ2) is 7.76. The van der Waals surface area contributed by atoms with Crippen LogP contribution in [-0.4, -0.2) is 32.3 Å². The first-order valence-electron chi connectivity index (χ1n) is 8.38. The third-order valence-electron chi connectivity index (χ3n) is 4.51. The summed E-state index contributed by atoms with van der Waals surface area (Å²) in [5.41, 5.74) is 0.279. The number of halogens is 2. The third-order valence-corrected chi connectivity index (χ3v) is 6.75. The van der Waals surface area contributed by atoms with Crippen LogP contribution in [0.5, 0.6) is 0 Å². The number of nitrogens with zero attached hydrogens (tertiary/aromatic N) is 1. The first-order valence-corrected chi connectivity index (χ1v) is 10.5. The molecule has 1 amide bonds. The van der Waals surface area contributed by atoms with Gasteiger partial charge in [0.2, 0.25) is 5.91 Å². The fourth-order valence-corrected chi connectivity index (χ4v) is 5.39.